The van der Waals surface area contributed by atoms with Crippen molar-refractivity contribution in [2.24, 2.45) is 0 Å². The van der Waals surface area contributed by atoms with Gasteiger partial charge in [-0.15, -0.1) is 11.3 Å². The van der Waals surface area contributed by atoms with Crippen LogP contribution in [-0.4, -0.2) is 29.6 Å². The number of hydrogen-bond donors (Lipinski definition) is 2. The second-order valence-corrected chi connectivity index (χ2v) is 7.79. The van der Waals surface area contributed by atoms with Crippen molar-refractivity contribution in [2.45, 2.75) is 6.92 Å². The fraction of sp³-hybridized carbons (Fsp3) is 0.0800. The lowest BCUT2D eigenvalue weighted by atomic mass is 9.98. The molecular weight excluding hydrogens is 426 g/mol. The van der Waals surface area contributed by atoms with Crippen molar-refractivity contribution >= 4 is 45.0 Å². The van der Waals surface area contributed by atoms with Gasteiger partial charge in [-0.25, -0.2) is 9.59 Å². The summed E-state index contributed by atoms with van der Waals surface area (Å²) in [6.45, 7) is 1.91. The number of rotatable bonds is 6. The highest BCUT2D eigenvalue weighted by Crippen LogP contribution is 2.37. The van der Waals surface area contributed by atoms with Crippen LogP contribution in [0.5, 0.6) is 0 Å². The average Bonchev–Trinajstić information content (AvgIpc) is 3.22. The summed E-state index contributed by atoms with van der Waals surface area (Å²) in [5.74, 6) is -2.16. The first-order valence-electron chi connectivity index (χ1n) is 9.91. The van der Waals surface area contributed by atoms with Crippen molar-refractivity contribution in [1.29, 1.82) is 0 Å². The van der Waals surface area contributed by atoms with E-state index in [-0.39, 0.29) is 23.3 Å². The zero-order valence-electron chi connectivity index (χ0n) is 17.1. The molecule has 0 atom stereocenters. The van der Waals surface area contributed by atoms with Gasteiger partial charge in [0.2, 0.25) is 0 Å². The normalized spacial score (nSPS) is 10.7. The number of esters is 1. The number of carboxylic acid groups (broad SMARTS) is 1. The van der Waals surface area contributed by atoms with E-state index in [9.17, 15) is 19.5 Å². The van der Waals surface area contributed by atoms with Gasteiger partial charge < -0.3 is 15.2 Å². The number of benzene rings is 3. The lowest BCUT2D eigenvalue weighted by Gasteiger charge is -2.11. The second kappa shape index (κ2) is 9.03. The summed E-state index contributed by atoms with van der Waals surface area (Å²) < 4.78 is 5.24. The zero-order chi connectivity index (χ0) is 22.7. The topological polar surface area (TPSA) is 92.7 Å². The predicted molar refractivity (Wildman–Crippen MR) is 125 cm³/mol. The first-order chi connectivity index (χ1) is 15.5. The maximum absolute atomic E-state index is 13.2. The van der Waals surface area contributed by atoms with E-state index < -0.39 is 17.8 Å². The van der Waals surface area contributed by atoms with Gasteiger partial charge in [0.25, 0.3) is 5.91 Å². The third-order valence-electron chi connectivity index (χ3n) is 4.96. The van der Waals surface area contributed by atoms with Crippen LogP contribution < -0.4 is 5.32 Å². The minimum Gasteiger partial charge on any atom is -0.478 e. The van der Waals surface area contributed by atoms with Gasteiger partial charge in [-0.05, 0) is 30.0 Å². The molecule has 0 aliphatic heterocycles. The lowest BCUT2D eigenvalue weighted by Crippen LogP contribution is -2.16. The largest absolute Gasteiger partial charge is 0.478 e. The van der Waals surface area contributed by atoms with E-state index in [1.165, 1.54) is 17.4 Å². The number of carbonyl (C=O) groups is 3. The van der Waals surface area contributed by atoms with Crippen LogP contribution in [0.2, 0.25) is 0 Å². The zero-order valence-corrected chi connectivity index (χ0v) is 17.9. The van der Waals surface area contributed by atoms with Crippen LogP contribution in [0.15, 0.2) is 72.1 Å². The molecule has 4 aromatic rings. The number of carboxylic acids is 1. The molecule has 2 N–H and O–H groups in total. The molecule has 3 aromatic carbocycles. The lowest BCUT2D eigenvalue weighted by molar-refractivity contribution is 0.0528. The van der Waals surface area contributed by atoms with Gasteiger partial charge in [-0.1, -0.05) is 54.6 Å². The molecule has 0 saturated heterocycles. The Labute approximate surface area is 188 Å². The summed E-state index contributed by atoms with van der Waals surface area (Å²) in [6.07, 6.45) is 0. The third kappa shape index (κ3) is 3.98. The van der Waals surface area contributed by atoms with Crippen LogP contribution in [0.4, 0.5) is 5.00 Å². The monoisotopic (exact) mass is 445 g/mol. The highest BCUT2D eigenvalue weighted by Gasteiger charge is 2.24. The van der Waals surface area contributed by atoms with Gasteiger partial charge in [-0.2, -0.15) is 0 Å². The number of anilines is 1. The van der Waals surface area contributed by atoms with Gasteiger partial charge in [0.1, 0.15) is 10.6 Å². The quantitative estimate of drug-likeness (QED) is 0.372. The number of nitrogens with one attached hydrogen (secondary N) is 1. The first kappa shape index (κ1) is 21.3. The Balaban J connectivity index is 1.79. The smallest absolute Gasteiger partial charge is 0.341 e. The number of hydrogen-bond acceptors (Lipinski definition) is 5. The standard InChI is InChI=1S/C25H19NO5S/c1-2-31-25(30)21-19(15-8-4-3-5-9-15)14-32-23(21)26-22(27)17-12-6-10-16-11-7-13-18(20(16)17)24(28)29/h3-14H,2H2,1H3,(H,26,27)(H,28,29). The fourth-order valence-electron chi connectivity index (χ4n) is 3.56. The van der Waals surface area contributed by atoms with Crippen LogP contribution in [-0.2, 0) is 4.74 Å². The van der Waals surface area contributed by atoms with Crippen molar-refractivity contribution < 1.29 is 24.2 Å². The summed E-state index contributed by atoms with van der Waals surface area (Å²) >= 11 is 1.21. The Morgan fingerprint density at radius 2 is 1.62 bits per heavy atom. The van der Waals surface area contributed by atoms with E-state index in [0.29, 0.717) is 21.3 Å². The molecule has 1 amide bonds. The SMILES string of the molecule is CCOC(=O)c1c(-c2ccccc2)csc1NC(=O)c1cccc2cccc(C(=O)O)c12. The molecule has 0 aliphatic rings. The van der Waals surface area contributed by atoms with Crippen molar-refractivity contribution in [3.8, 4) is 11.1 Å². The summed E-state index contributed by atoms with van der Waals surface area (Å²) in [7, 11) is 0. The Morgan fingerprint density at radius 1 is 0.938 bits per heavy atom. The second-order valence-electron chi connectivity index (χ2n) is 6.91. The maximum atomic E-state index is 13.2. The molecule has 0 aliphatic carbocycles. The molecular formula is C25H19NO5S. The number of thiophene rings is 1. The minimum atomic E-state index is -1.12. The average molecular weight is 445 g/mol. The van der Waals surface area contributed by atoms with E-state index in [2.05, 4.69) is 5.32 Å². The maximum Gasteiger partial charge on any atom is 0.341 e. The minimum absolute atomic E-state index is 0.0371. The van der Waals surface area contributed by atoms with Crippen LogP contribution in [0.3, 0.4) is 0 Å². The van der Waals surface area contributed by atoms with Gasteiger partial charge in [0.15, 0.2) is 0 Å². The molecule has 0 saturated carbocycles. The molecule has 32 heavy (non-hydrogen) atoms. The van der Waals surface area contributed by atoms with E-state index in [4.69, 9.17) is 4.74 Å². The van der Waals surface area contributed by atoms with Crippen molar-refractivity contribution in [3.05, 3.63) is 88.8 Å². The van der Waals surface area contributed by atoms with Crippen LogP contribution >= 0.6 is 11.3 Å². The highest BCUT2D eigenvalue weighted by atomic mass is 32.1. The molecule has 6 nitrogen and oxygen atoms in total. The van der Waals surface area contributed by atoms with E-state index >= 15 is 0 Å². The summed E-state index contributed by atoms with van der Waals surface area (Å²) in [4.78, 5) is 37.7. The highest BCUT2D eigenvalue weighted by molar-refractivity contribution is 7.15. The predicted octanol–water partition coefficient (Wildman–Crippen LogP) is 5.70. The molecule has 1 aromatic heterocycles. The van der Waals surface area contributed by atoms with Crippen molar-refractivity contribution in [3.63, 3.8) is 0 Å². The molecule has 160 valence electrons. The van der Waals surface area contributed by atoms with Crippen LogP contribution in [0, 0.1) is 0 Å². The van der Waals surface area contributed by atoms with Gasteiger partial charge in [0, 0.05) is 21.9 Å². The van der Waals surface area contributed by atoms with Gasteiger partial charge in [0.05, 0.1) is 12.2 Å². The van der Waals surface area contributed by atoms with E-state index in [1.54, 1.807) is 42.6 Å². The summed E-state index contributed by atoms with van der Waals surface area (Å²) in [6, 6.07) is 19.2. The molecule has 1 heterocycles. The molecule has 0 unspecified atom stereocenters. The molecule has 4 rings (SSSR count). The van der Waals surface area contributed by atoms with Crippen molar-refractivity contribution in [1.82, 2.24) is 0 Å². The number of aromatic carboxylic acids is 1. The molecule has 0 radical (unpaired) electrons. The van der Waals surface area contributed by atoms with E-state index in [0.717, 1.165) is 5.56 Å². The molecule has 7 heteroatoms. The van der Waals surface area contributed by atoms with E-state index in [1.807, 2.05) is 30.3 Å². The Bertz CT molecular complexity index is 1320. The molecule has 0 fully saturated rings. The van der Waals surface area contributed by atoms with Gasteiger partial charge >= 0.3 is 11.9 Å². The third-order valence-corrected chi connectivity index (χ3v) is 5.86. The van der Waals surface area contributed by atoms with Crippen LogP contribution in [0.25, 0.3) is 21.9 Å². The summed E-state index contributed by atoms with van der Waals surface area (Å²) in [5.41, 5.74) is 2.01. The van der Waals surface area contributed by atoms with Crippen LogP contribution in [0.1, 0.15) is 38.0 Å². The van der Waals surface area contributed by atoms with Crippen molar-refractivity contribution in [2.75, 3.05) is 11.9 Å². The first-order valence-corrected chi connectivity index (χ1v) is 10.8. The number of amides is 1. The number of fused-ring (bicyclic) bond motifs is 1. The summed E-state index contributed by atoms with van der Waals surface area (Å²) in [5, 5.41) is 15.5. The number of carbonyl (C=O) groups excluding carboxylic acids is 2. The Hall–Kier alpha value is -3.97. The Morgan fingerprint density at radius 3 is 2.28 bits per heavy atom. The molecule has 0 bridgehead atoms. The fourth-order valence-corrected chi connectivity index (χ4v) is 4.52. The van der Waals surface area contributed by atoms with Gasteiger partial charge in [-0.3, -0.25) is 4.79 Å². The Kier molecular flexibility index (Phi) is 6.00. The molecule has 0 spiro atoms. The number of ether oxygens (including phenoxy) is 1.